The van der Waals surface area contributed by atoms with Gasteiger partial charge in [-0.3, -0.25) is 10.1 Å². The smallest absolute Gasteiger partial charge is 0.335 e. The van der Waals surface area contributed by atoms with Gasteiger partial charge in [0, 0.05) is 17.6 Å². The number of aromatic nitrogens is 1. The first kappa shape index (κ1) is 11.0. The number of fused-ring (bicyclic) bond motifs is 1. The van der Waals surface area contributed by atoms with Crippen molar-refractivity contribution >= 4 is 22.6 Å². The maximum Gasteiger partial charge on any atom is 0.335 e. The lowest BCUT2D eigenvalue weighted by atomic mass is 10.1. The minimum atomic E-state index is -1.20. The highest BCUT2D eigenvalue weighted by Gasteiger charge is 2.17. The largest absolute Gasteiger partial charge is 0.478 e. The molecule has 1 N–H and O–H groups in total. The van der Waals surface area contributed by atoms with Gasteiger partial charge >= 0.3 is 5.97 Å². The number of aromatic carboxylic acids is 1. The third-order valence-corrected chi connectivity index (χ3v) is 2.34. The fourth-order valence-corrected chi connectivity index (χ4v) is 1.60. The van der Waals surface area contributed by atoms with Gasteiger partial charge in [0.15, 0.2) is 0 Å². The van der Waals surface area contributed by atoms with E-state index in [1.165, 1.54) is 12.3 Å². The molecule has 86 valence electrons. The number of benzene rings is 1. The molecule has 1 aromatic carbocycles. The summed E-state index contributed by atoms with van der Waals surface area (Å²) in [4.78, 5) is 25.0. The number of carbonyl (C=O) groups is 1. The van der Waals surface area contributed by atoms with Gasteiger partial charge in [-0.1, -0.05) is 0 Å². The van der Waals surface area contributed by atoms with E-state index in [0.717, 1.165) is 11.6 Å². The van der Waals surface area contributed by atoms with Gasteiger partial charge in [-0.25, -0.2) is 9.78 Å². The molecule has 1 heterocycles. The van der Waals surface area contributed by atoms with Gasteiger partial charge in [-0.05, 0) is 24.6 Å². The number of non-ortho nitro benzene ring substituents is 1. The average Bonchev–Trinajstić information content (AvgIpc) is 2.26. The van der Waals surface area contributed by atoms with Gasteiger partial charge in [-0.2, -0.15) is 0 Å². The molecule has 0 aliphatic heterocycles. The van der Waals surface area contributed by atoms with Crippen molar-refractivity contribution in [1.29, 1.82) is 0 Å². The molecule has 0 saturated heterocycles. The van der Waals surface area contributed by atoms with Crippen molar-refractivity contribution in [3.63, 3.8) is 0 Å². The molecule has 2 aromatic rings. The Morgan fingerprint density at radius 2 is 2.12 bits per heavy atom. The van der Waals surface area contributed by atoms with E-state index in [4.69, 9.17) is 5.11 Å². The number of hydrogen-bond acceptors (Lipinski definition) is 4. The molecule has 0 atom stereocenters. The highest BCUT2D eigenvalue weighted by molar-refractivity contribution is 5.97. The van der Waals surface area contributed by atoms with Crippen LogP contribution in [0.5, 0.6) is 0 Å². The number of carboxylic acids is 1. The summed E-state index contributed by atoms with van der Waals surface area (Å²) in [5.41, 5.74) is 0.608. The zero-order valence-corrected chi connectivity index (χ0v) is 8.88. The number of aryl methyl sites for hydroxylation is 1. The number of carboxylic acid groups (broad SMARTS) is 1. The number of nitro groups is 1. The summed E-state index contributed by atoms with van der Waals surface area (Å²) in [6, 6.07) is 4.07. The van der Waals surface area contributed by atoms with Crippen LogP contribution in [0.3, 0.4) is 0 Å². The van der Waals surface area contributed by atoms with Crippen LogP contribution in [0.2, 0.25) is 0 Å². The third-order valence-electron chi connectivity index (χ3n) is 2.34. The van der Waals surface area contributed by atoms with Crippen LogP contribution in [0.15, 0.2) is 24.4 Å². The fraction of sp³-hybridized carbons (Fsp3) is 0.0909. The molecule has 0 radical (unpaired) electrons. The van der Waals surface area contributed by atoms with Crippen molar-refractivity contribution in [2.45, 2.75) is 6.92 Å². The van der Waals surface area contributed by atoms with Crippen molar-refractivity contribution in [3.05, 3.63) is 45.6 Å². The monoisotopic (exact) mass is 232 g/mol. The van der Waals surface area contributed by atoms with Crippen molar-refractivity contribution in [2.24, 2.45) is 0 Å². The van der Waals surface area contributed by atoms with Crippen LogP contribution in [-0.4, -0.2) is 21.0 Å². The van der Waals surface area contributed by atoms with Gasteiger partial charge in [0.25, 0.3) is 5.69 Å². The molecule has 0 aliphatic carbocycles. The third kappa shape index (κ3) is 1.92. The standard InChI is InChI=1S/C11H8N2O4/c1-6-2-7-3-8(11(14)15)4-9(13(16)17)10(7)12-5-6/h2-5H,1H3,(H,14,15). The number of pyridine rings is 1. The van der Waals surface area contributed by atoms with Gasteiger partial charge in [-0.15, -0.1) is 0 Å². The number of hydrogen-bond donors (Lipinski definition) is 1. The van der Waals surface area contributed by atoms with E-state index in [1.54, 1.807) is 13.0 Å². The number of nitrogens with zero attached hydrogens (tertiary/aromatic N) is 2. The molecule has 17 heavy (non-hydrogen) atoms. The van der Waals surface area contributed by atoms with E-state index >= 15 is 0 Å². The maximum atomic E-state index is 10.9. The van der Waals surface area contributed by atoms with Crippen LogP contribution < -0.4 is 0 Å². The first-order valence-electron chi connectivity index (χ1n) is 4.77. The molecule has 0 fully saturated rings. The Labute approximate surface area is 95.7 Å². The SMILES string of the molecule is Cc1cnc2c([N+](=O)[O-])cc(C(=O)O)cc2c1. The van der Waals surface area contributed by atoms with Crippen LogP contribution in [0.25, 0.3) is 10.9 Å². The second-order valence-electron chi connectivity index (χ2n) is 3.64. The summed E-state index contributed by atoms with van der Waals surface area (Å²) in [5, 5.41) is 20.2. The molecule has 0 saturated carbocycles. The Morgan fingerprint density at radius 1 is 1.41 bits per heavy atom. The van der Waals surface area contributed by atoms with E-state index in [0.29, 0.717) is 5.39 Å². The molecule has 0 amide bonds. The Morgan fingerprint density at radius 3 is 2.71 bits per heavy atom. The summed E-state index contributed by atoms with van der Waals surface area (Å²) >= 11 is 0. The summed E-state index contributed by atoms with van der Waals surface area (Å²) in [6.45, 7) is 1.78. The topological polar surface area (TPSA) is 93.3 Å². The first-order chi connectivity index (χ1) is 7.99. The van der Waals surface area contributed by atoms with Crippen molar-refractivity contribution < 1.29 is 14.8 Å². The summed E-state index contributed by atoms with van der Waals surface area (Å²) in [5.74, 6) is -1.20. The highest BCUT2D eigenvalue weighted by Crippen LogP contribution is 2.26. The van der Waals surface area contributed by atoms with Crippen LogP contribution in [0.1, 0.15) is 15.9 Å². The predicted molar refractivity (Wildman–Crippen MR) is 60.1 cm³/mol. The second-order valence-corrected chi connectivity index (χ2v) is 3.64. The van der Waals surface area contributed by atoms with E-state index in [1.807, 2.05) is 0 Å². The molecular weight excluding hydrogens is 224 g/mol. The Kier molecular flexibility index (Phi) is 2.47. The quantitative estimate of drug-likeness (QED) is 0.632. The Balaban J connectivity index is 2.85. The number of nitro benzene ring substituents is 1. The zero-order chi connectivity index (χ0) is 12.6. The van der Waals surface area contributed by atoms with Crippen molar-refractivity contribution in [1.82, 2.24) is 4.98 Å². The molecule has 6 heteroatoms. The lowest BCUT2D eigenvalue weighted by Crippen LogP contribution is -2.00. The summed E-state index contributed by atoms with van der Waals surface area (Å²) in [6.07, 6.45) is 1.51. The molecule has 0 bridgehead atoms. The minimum Gasteiger partial charge on any atom is -0.478 e. The van der Waals surface area contributed by atoms with Crippen LogP contribution in [0.4, 0.5) is 5.69 Å². The molecule has 0 aliphatic rings. The Hall–Kier alpha value is -2.50. The normalized spacial score (nSPS) is 10.4. The number of rotatable bonds is 2. The van der Waals surface area contributed by atoms with Gasteiger partial charge in [0.05, 0.1) is 10.5 Å². The highest BCUT2D eigenvalue weighted by atomic mass is 16.6. The van der Waals surface area contributed by atoms with E-state index in [-0.39, 0.29) is 16.8 Å². The molecule has 1 aromatic heterocycles. The first-order valence-corrected chi connectivity index (χ1v) is 4.77. The van der Waals surface area contributed by atoms with E-state index in [9.17, 15) is 14.9 Å². The van der Waals surface area contributed by atoms with Crippen LogP contribution in [0, 0.1) is 17.0 Å². The Bertz CT molecular complexity index is 637. The van der Waals surface area contributed by atoms with Crippen LogP contribution in [-0.2, 0) is 0 Å². The lowest BCUT2D eigenvalue weighted by Gasteiger charge is -2.02. The average molecular weight is 232 g/mol. The fourth-order valence-electron chi connectivity index (χ4n) is 1.60. The van der Waals surface area contributed by atoms with E-state index in [2.05, 4.69) is 4.98 Å². The molecular formula is C11H8N2O4. The van der Waals surface area contributed by atoms with Crippen molar-refractivity contribution in [2.75, 3.05) is 0 Å². The zero-order valence-electron chi connectivity index (χ0n) is 8.88. The van der Waals surface area contributed by atoms with Gasteiger partial charge in [0.1, 0.15) is 5.52 Å². The molecule has 6 nitrogen and oxygen atoms in total. The predicted octanol–water partition coefficient (Wildman–Crippen LogP) is 2.15. The summed E-state index contributed by atoms with van der Waals surface area (Å²) in [7, 11) is 0. The van der Waals surface area contributed by atoms with E-state index < -0.39 is 10.9 Å². The van der Waals surface area contributed by atoms with Gasteiger partial charge < -0.3 is 5.11 Å². The lowest BCUT2D eigenvalue weighted by molar-refractivity contribution is -0.383. The molecule has 0 unspecified atom stereocenters. The van der Waals surface area contributed by atoms with Crippen LogP contribution >= 0.6 is 0 Å². The molecule has 2 rings (SSSR count). The minimum absolute atomic E-state index is 0.114. The molecule has 0 spiro atoms. The summed E-state index contributed by atoms with van der Waals surface area (Å²) < 4.78 is 0. The maximum absolute atomic E-state index is 10.9. The van der Waals surface area contributed by atoms with Crippen molar-refractivity contribution in [3.8, 4) is 0 Å². The van der Waals surface area contributed by atoms with Gasteiger partial charge in [0.2, 0.25) is 0 Å². The second kappa shape index (κ2) is 3.82.